The van der Waals surface area contributed by atoms with Gasteiger partial charge in [-0.2, -0.15) is 0 Å². The first kappa shape index (κ1) is 16.0. The average molecular weight is 263 g/mol. The van der Waals surface area contributed by atoms with E-state index in [0.717, 1.165) is 18.7 Å². The van der Waals surface area contributed by atoms with Gasteiger partial charge >= 0.3 is 0 Å². The highest BCUT2D eigenvalue weighted by molar-refractivity contribution is 5.37. The Bertz CT molecular complexity index is 385. The number of hydrogen-bond donors (Lipinski definition) is 1. The summed E-state index contributed by atoms with van der Waals surface area (Å²) in [6.45, 7) is 12.2. The van der Waals surface area contributed by atoms with Gasteiger partial charge in [0.25, 0.3) is 0 Å². The van der Waals surface area contributed by atoms with E-state index in [-0.39, 0.29) is 0 Å². The molecule has 0 aromatic heterocycles. The second-order valence-electron chi connectivity index (χ2n) is 6.09. The Morgan fingerprint density at radius 1 is 1.16 bits per heavy atom. The van der Waals surface area contributed by atoms with Crippen molar-refractivity contribution in [1.82, 2.24) is 5.32 Å². The molecule has 0 spiro atoms. The lowest BCUT2D eigenvalue weighted by molar-refractivity contribution is 0.341. The summed E-state index contributed by atoms with van der Waals surface area (Å²) < 4.78 is 5.49. The van der Waals surface area contributed by atoms with E-state index in [1.54, 1.807) is 7.11 Å². The van der Waals surface area contributed by atoms with E-state index in [1.165, 1.54) is 11.1 Å². The van der Waals surface area contributed by atoms with Gasteiger partial charge in [0.1, 0.15) is 5.75 Å². The van der Waals surface area contributed by atoms with Crippen molar-refractivity contribution >= 4 is 0 Å². The Labute approximate surface area is 118 Å². The number of hydrogen-bond acceptors (Lipinski definition) is 2. The van der Waals surface area contributed by atoms with Gasteiger partial charge in [0, 0.05) is 6.04 Å². The smallest absolute Gasteiger partial charge is 0.122 e. The minimum atomic E-state index is 0.542. The van der Waals surface area contributed by atoms with Crippen LogP contribution in [0.1, 0.15) is 38.8 Å². The first-order chi connectivity index (χ1) is 8.93. The molecule has 2 nitrogen and oxygen atoms in total. The van der Waals surface area contributed by atoms with E-state index in [0.29, 0.717) is 17.9 Å². The quantitative estimate of drug-likeness (QED) is 0.807. The topological polar surface area (TPSA) is 21.3 Å². The van der Waals surface area contributed by atoms with Gasteiger partial charge in [-0.25, -0.2) is 0 Å². The molecule has 0 heterocycles. The SMILES string of the molecule is COc1ccc(C)cc1CC(CNC(C)C)C(C)C. The Morgan fingerprint density at radius 3 is 2.37 bits per heavy atom. The lowest BCUT2D eigenvalue weighted by atomic mass is 9.88. The molecular weight excluding hydrogens is 234 g/mol. The van der Waals surface area contributed by atoms with Crippen LogP contribution in [0, 0.1) is 18.8 Å². The van der Waals surface area contributed by atoms with Crippen molar-refractivity contribution in [3.63, 3.8) is 0 Å². The third kappa shape index (κ3) is 5.23. The first-order valence-corrected chi connectivity index (χ1v) is 7.31. The molecule has 1 atom stereocenters. The summed E-state index contributed by atoms with van der Waals surface area (Å²) in [5.41, 5.74) is 2.63. The van der Waals surface area contributed by atoms with Crippen LogP contribution in [0.15, 0.2) is 18.2 Å². The molecule has 1 rings (SSSR count). The summed E-state index contributed by atoms with van der Waals surface area (Å²) >= 11 is 0. The number of rotatable bonds is 7. The maximum Gasteiger partial charge on any atom is 0.122 e. The molecule has 0 bridgehead atoms. The van der Waals surface area contributed by atoms with Gasteiger partial charge in [-0.15, -0.1) is 0 Å². The molecule has 1 aromatic rings. The normalized spacial score (nSPS) is 13.1. The predicted molar refractivity (Wildman–Crippen MR) is 82.9 cm³/mol. The molecule has 108 valence electrons. The predicted octanol–water partition coefficient (Wildman–Crippen LogP) is 3.82. The van der Waals surface area contributed by atoms with E-state index in [1.807, 2.05) is 0 Å². The van der Waals surface area contributed by atoms with Crippen LogP contribution in [0.4, 0.5) is 0 Å². The van der Waals surface area contributed by atoms with Crippen molar-refractivity contribution in [2.75, 3.05) is 13.7 Å². The molecule has 1 N–H and O–H groups in total. The molecule has 0 fully saturated rings. The van der Waals surface area contributed by atoms with Crippen LogP contribution in [0.25, 0.3) is 0 Å². The fraction of sp³-hybridized carbons (Fsp3) is 0.647. The van der Waals surface area contributed by atoms with Crippen molar-refractivity contribution in [2.24, 2.45) is 11.8 Å². The van der Waals surface area contributed by atoms with Gasteiger partial charge in [0.05, 0.1) is 7.11 Å². The molecule has 1 unspecified atom stereocenters. The summed E-state index contributed by atoms with van der Waals surface area (Å²) in [5, 5.41) is 3.56. The number of benzene rings is 1. The highest BCUT2D eigenvalue weighted by Crippen LogP contribution is 2.25. The van der Waals surface area contributed by atoms with Crippen LogP contribution in [0.3, 0.4) is 0 Å². The highest BCUT2D eigenvalue weighted by atomic mass is 16.5. The van der Waals surface area contributed by atoms with E-state index < -0.39 is 0 Å². The fourth-order valence-corrected chi connectivity index (χ4v) is 2.28. The lowest BCUT2D eigenvalue weighted by Crippen LogP contribution is -2.32. The summed E-state index contributed by atoms with van der Waals surface area (Å²) in [7, 11) is 1.75. The van der Waals surface area contributed by atoms with Crippen molar-refractivity contribution in [3.05, 3.63) is 29.3 Å². The zero-order valence-electron chi connectivity index (χ0n) is 13.3. The maximum atomic E-state index is 5.49. The number of aryl methyl sites for hydroxylation is 1. The first-order valence-electron chi connectivity index (χ1n) is 7.31. The molecular formula is C17H29NO. The summed E-state index contributed by atoms with van der Waals surface area (Å²) in [6.07, 6.45) is 1.07. The zero-order valence-corrected chi connectivity index (χ0v) is 13.3. The molecule has 0 saturated heterocycles. The molecule has 1 aromatic carbocycles. The number of methoxy groups -OCH3 is 1. The third-order valence-electron chi connectivity index (χ3n) is 3.65. The maximum absolute atomic E-state index is 5.49. The van der Waals surface area contributed by atoms with E-state index in [4.69, 9.17) is 4.74 Å². The van der Waals surface area contributed by atoms with Crippen molar-refractivity contribution in [3.8, 4) is 5.75 Å². The Morgan fingerprint density at radius 2 is 1.84 bits per heavy atom. The standard InChI is InChI=1S/C17H29NO/c1-12(2)16(11-18-13(3)4)10-15-9-14(5)7-8-17(15)19-6/h7-9,12-13,16,18H,10-11H2,1-6H3. The average Bonchev–Trinajstić information content (AvgIpc) is 2.34. The van der Waals surface area contributed by atoms with E-state index >= 15 is 0 Å². The molecule has 0 aliphatic heterocycles. The summed E-state index contributed by atoms with van der Waals surface area (Å²) in [4.78, 5) is 0. The minimum absolute atomic E-state index is 0.542. The van der Waals surface area contributed by atoms with Gasteiger partial charge in [0.15, 0.2) is 0 Å². The van der Waals surface area contributed by atoms with Crippen molar-refractivity contribution in [2.45, 2.75) is 47.1 Å². The Balaban J connectivity index is 2.80. The largest absolute Gasteiger partial charge is 0.496 e. The van der Waals surface area contributed by atoms with Crippen molar-refractivity contribution < 1.29 is 4.74 Å². The van der Waals surface area contributed by atoms with Gasteiger partial charge in [-0.3, -0.25) is 0 Å². The molecule has 0 amide bonds. The minimum Gasteiger partial charge on any atom is -0.496 e. The molecule has 0 radical (unpaired) electrons. The summed E-state index contributed by atoms with van der Waals surface area (Å²) in [5.74, 6) is 2.32. The monoisotopic (exact) mass is 263 g/mol. The molecule has 0 saturated carbocycles. The highest BCUT2D eigenvalue weighted by Gasteiger charge is 2.16. The van der Waals surface area contributed by atoms with Crippen LogP contribution in [-0.2, 0) is 6.42 Å². The lowest BCUT2D eigenvalue weighted by Gasteiger charge is -2.24. The second kappa shape index (κ2) is 7.54. The van der Waals surface area contributed by atoms with Gasteiger partial charge in [-0.05, 0) is 43.4 Å². The molecule has 2 heteroatoms. The number of nitrogens with one attached hydrogen (secondary N) is 1. The van der Waals surface area contributed by atoms with Crippen molar-refractivity contribution in [1.29, 1.82) is 0 Å². The summed E-state index contributed by atoms with van der Waals surface area (Å²) in [6, 6.07) is 6.99. The van der Waals surface area contributed by atoms with Crippen LogP contribution >= 0.6 is 0 Å². The second-order valence-corrected chi connectivity index (χ2v) is 6.09. The van der Waals surface area contributed by atoms with Crippen LogP contribution in [-0.4, -0.2) is 19.7 Å². The van der Waals surface area contributed by atoms with Crippen LogP contribution in [0.5, 0.6) is 5.75 Å². The van der Waals surface area contributed by atoms with Gasteiger partial charge in [-0.1, -0.05) is 45.4 Å². The van der Waals surface area contributed by atoms with E-state index in [2.05, 4.69) is 58.1 Å². The molecule has 19 heavy (non-hydrogen) atoms. The fourth-order valence-electron chi connectivity index (χ4n) is 2.28. The van der Waals surface area contributed by atoms with Crippen LogP contribution in [0.2, 0.25) is 0 Å². The molecule has 0 aliphatic carbocycles. The van der Waals surface area contributed by atoms with E-state index in [9.17, 15) is 0 Å². The van der Waals surface area contributed by atoms with Gasteiger partial charge < -0.3 is 10.1 Å². The zero-order chi connectivity index (χ0) is 14.4. The molecule has 0 aliphatic rings. The van der Waals surface area contributed by atoms with Crippen LogP contribution < -0.4 is 10.1 Å². The Hall–Kier alpha value is -1.02. The van der Waals surface area contributed by atoms with Gasteiger partial charge in [0.2, 0.25) is 0 Å². The number of ether oxygens (including phenoxy) is 1. The third-order valence-corrected chi connectivity index (χ3v) is 3.65. The Kier molecular flexibility index (Phi) is 6.36.